The van der Waals surface area contributed by atoms with Gasteiger partial charge in [-0.1, -0.05) is 39.5 Å². The number of hydrogen-bond donors (Lipinski definition) is 2. The molecule has 17 heavy (non-hydrogen) atoms. The summed E-state index contributed by atoms with van der Waals surface area (Å²) in [6, 6.07) is -0.00698. The Balaban J connectivity index is 2.44. The van der Waals surface area contributed by atoms with Gasteiger partial charge in [-0.25, -0.2) is 0 Å². The van der Waals surface area contributed by atoms with E-state index >= 15 is 0 Å². The summed E-state index contributed by atoms with van der Waals surface area (Å²) in [5, 5.41) is 12.9. The van der Waals surface area contributed by atoms with E-state index in [1.54, 1.807) is 0 Å². The zero-order chi connectivity index (χ0) is 12.7. The van der Waals surface area contributed by atoms with E-state index in [1.165, 1.54) is 0 Å². The van der Waals surface area contributed by atoms with Gasteiger partial charge in [0.05, 0.1) is 12.1 Å². The molecule has 1 aliphatic carbocycles. The predicted molar refractivity (Wildman–Crippen MR) is 69.7 cm³/mol. The Morgan fingerprint density at radius 2 is 1.82 bits per heavy atom. The van der Waals surface area contributed by atoms with E-state index in [4.69, 9.17) is 0 Å². The van der Waals surface area contributed by atoms with Gasteiger partial charge in [0.2, 0.25) is 5.91 Å². The second kappa shape index (κ2) is 7.70. The smallest absolute Gasteiger partial charge is 0.223 e. The van der Waals surface area contributed by atoms with Crippen LogP contribution in [-0.4, -0.2) is 23.2 Å². The number of nitrogens with one attached hydrogen (secondary N) is 1. The van der Waals surface area contributed by atoms with Gasteiger partial charge < -0.3 is 10.4 Å². The lowest BCUT2D eigenvalue weighted by molar-refractivity contribution is -0.127. The van der Waals surface area contributed by atoms with E-state index in [0.29, 0.717) is 0 Å². The predicted octanol–water partition coefficient (Wildman–Crippen LogP) is 2.62. The molecule has 3 nitrogen and oxygen atoms in total. The molecule has 0 bridgehead atoms. The van der Waals surface area contributed by atoms with Gasteiger partial charge in [-0.3, -0.25) is 4.79 Å². The molecule has 1 aliphatic rings. The molecule has 0 saturated heterocycles. The highest BCUT2D eigenvalue weighted by atomic mass is 16.3. The standard InChI is InChI=1S/C14H27NO2/c1-3-7-11(8-4-2)14(17)15-12-9-5-6-10-13(12)16/h11-13,16H,3-10H2,1-2H3,(H,15,17). The van der Waals surface area contributed by atoms with Crippen LogP contribution in [0.2, 0.25) is 0 Å². The molecule has 1 amide bonds. The SMILES string of the molecule is CCCC(CCC)C(=O)NC1CCCCC1O. The first-order valence-electron chi connectivity index (χ1n) is 7.17. The lowest BCUT2D eigenvalue weighted by Crippen LogP contribution is -2.47. The summed E-state index contributed by atoms with van der Waals surface area (Å²) in [5.74, 6) is 0.291. The van der Waals surface area contributed by atoms with E-state index in [0.717, 1.165) is 51.4 Å². The molecule has 1 rings (SSSR count). The molecule has 100 valence electrons. The lowest BCUT2D eigenvalue weighted by Gasteiger charge is -2.29. The molecule has 0 heterocycles. The van der Waals surface area contributed by atoms with Crippen molar-refractivity contribution >= 4 is 5.91 Å². The van der Waals surface area contributed by atoms with Crippen LogP contribution in [0, 0.1) is 5.92 Å². The molecule has 2 N–H and O–H groups in total. The van der Waals surface area contributed by atoms with Crippen LogP contribution in [-0.2, 0) is 4.79 Å². The zero-order valence-electron chi connectivity index (χ0n) is 11.2. The molecular formula is C14H27NO2. The fraction of sp³-hybridized carbons (Fsp3) is 0.929. The third kappa shape index (κ3) is 4.66. The van der Waals surface area contributed by atoms with E-state index in [9.17, 15) is 9.90 Å². The van der Waals surface area contributed by atoms with Crippen LogP contribution < -0.4 is 5.32 Å². The fourth-order valence-electron chi connectivity index (χ4n) is 2.68. The summed E-state index contributed by atoms with van der Waals surface area (Å²) in [7, 11) is 0. The van der Waals surface area contributed by atoms with Crippen LogP contribution in [0.15, 0.2) is 0 Å². The summed E-state index contributed by atoms with van der Waals surface area (Å²) in [6.45, 7) is 4.23. The van der Waals surface area contributed by atoms with E-state index in [1.807, 2.05) is 0 Å². The highest BCUT2D eigenvalue weighted by Gasteiger charge is 2.26. The fourth-order valence-corrected chi connectivity index (χ4v) is 2.68. The van der Waals surface area contributed by atoms with Gasteiger partial charge in [0.1, 0.15) is 0 Å². The monoisotopic (exact) mass is 241 g/mol. The summed E-state index contributed by atoms with van der Waals surface area (Å²) < 4.78 is 0. The number of carbonyl (C=O) groups excluding carboxylic acids is 1. The third-order valence-corrected chi connectivity index (χ3v) is 3.70. The molecule has 0 spiro atoms. The molecule has 0 aromatic rings. The summed E-state index contributed by atoms with van der Waals surface area (Å²) >= 11 is 0. The van der Waals surface area contributed by atoms with Crippen molar-refractivity contribution in [2.45, 2.75) is 77.4 Å². The number of hydrogen-bond acceptors (Lipinski definition) is 2. The average molecular weight is 241 g/mol. The summed E-state index contributed by atoms with van der Waals surface area (Å²) in [6.07, 6.45) is 7.64. The van der Waals surface area contributed by atoms with Crippen LogP contribution in [0.5, 0.6) is 0 Å². The summed E-state index contributed by atoms with van der Waals surface area (Å²) in [4.78, 5) is 12.1. The van der Waals surface area contributed by atoms with Crippen molar-refractivity contribution in [1.82, 2.24) is 5.32 Å². The molecule has 2 unspecified atom stereocenters. The van der Waals surface area contributed by atoms with Gasteiger partial charge in [-0.05, 0) is 25.7 Å². The van der Waals surface area contributed by atoms with Gasteiger partial charge in [-0.15, -0.1) is 0 Å². The summed E-state index contributed by atoms with van der Waals surface area (Å²) in [5.41, 5.74) is 0. The lowest BCUT2D eigenvalue weighted by atomic mass is 9.91. The van der Waals surface area contributed by atoms with Gasteiger partial charge >= 0.3 is 0 Å². The Labute approximate surface area is 105 Å². The van der Waals surface area contributed by atoms with Crippen molar-refractivity contribution < 1.29 is 9.90 Å². The second-order valence-electron chi connectivity index (χ2n) is 5.24. The number of amides is 1. The normalized spacial score (nSPS) is 24.9. The first-order valence-corrected chi connectivity index (χ1v) is 7.17. The van der Waals surface area contributed by atoms with Crippen molar-refractivity contribution in [3.63, 3.8) is 0 Å². The molecule has 0 radical (unpaired) electrons. The second-order valence-corrected chi connectivity index (χ2v) is 5.24. The number of rotatable bonds is 6. The molecule has 0 aliphatic heterocycles. The number of aliphatic hydroxyl groups excluding tert-OH is 1. The van der Waals surface area contributed by atoms with Crippen molar-refractivity contribution in [3.05, 3.63) is 0 Å². The minimum Gasteiger partial charge on any atom is -0.391 e. The first-order chi connectivity index (χ1) is 8.19. The van der Waals surface area contributed by atoms with Crippen molar-refractivity contribution in [3.8, 4) is 0 Å². The molecule has 3 heteroatoms. The highest BCUT2D eigenvalue weighted by molar-refractivity contribution is 5.79. The minimum absolute atomic E-state index is 0.00698. The molecular weight excluding hydrogens is 214 g/mol. The van der Waals surface area contributed by atoms with Crippen LogP contribution >= 0.6 is 0 Å². The Bertz CT molecular complexity index is 224. The van der Waals surface area contributed by atoms with Gasteiger partial charge in [0, 0.05) is 5.92 Å². The first kappa shape index (κ1) is 14.5. The van der Waals surface area contributed by atoms with Gasteiger partial charge in [0.25, 0.3) is 0 Å². The van der Waals surface area contributed by atoms with E-state index < -0.39 is 0 Å². The molecule has 1 saturated carbocycles. The molecule has 0 aromatic carbocycles. The van der Waals surface area contributed by atoms with Crippen LogP contribution in [0.4, 0.5) is 0 Å². The van der Waals surface area contributed by atoms with Crippen molar-refractivity contribution in [1.29, 1.82) is 0 Å². The Hall–Kier alpha value is -0.570. The van der Waals surface area contributed by atoms with E-state index in [2.05, 4.69) is 19.2 Å². The van der Waals surface area contributed by atoms with Crippen LogP contribution in [0.3, 0.4) is 0 Å². The van der Waals surface area contributed by atoms with Crippen LogP contribution in [0.25, 0.3) is 0 Å². The Morgan fingerprint density at radius 1 is 1.24 bits per heavy atom. The largest absolute Gasteiger partial charge is 0.391 e. The molecule has 1 fully saturated rings. The molecule has 0 aromatic heterocycles. The van der Waals surface area contributed by atoms with Crippen LogP contribution in [0.1, 0.15) is 65.2 Å². The van der Waals surface area contributed by atoms with Gasteiger partial charge in [0.15, 0.2) is 0 Å². The number of carbonyl (C=O) groups is 1. The Morgan fingerprint density at radius 3 is 2.35 bits per heavy atom. The van der Waals surface area contributed by atoms with E-state index in [-0.39, 0.29) is 24.0 Å². The quantitative estimate of drug-likeness (QED) is 0.751. The van der Waals surface area contributed by atoms with Gasteiger partial charge in [-0.2, -0.15) is 0 Å². The maximum absolute atomic E-state index is 12.1. The maximum atomic E-state index is 12.1. The Kier molecular flexibility index (Phi) is 6.56. The average Bonchev–Trinajstić information content (AvgIpc) is 2.32. The van der Waals surface area contributed by atoms with Crippen molar-refractivity contribution in [2.75, 3.05) is 0 Å². The van der Waals surface area contributed by atoms with Crippen molar-refractivity contribution in [2.24, 2.45) is 5.92 Å². The number of aliphatic hydroxyl groups is 1. The zero-order valence-corrected chi connectivity index (χ0v) is 11.2. The third-order valence-electron chi connectivity index (χ3n) is 3.70. The molecule has 2 atom stereocenters. The minimum atomic E-state index is -0.336. The highest BCUT2D eigenvalue weighted by Crippen LogP contribution is 2.20. The topological polar surface area (TPSA) is 49.3 Å². The maximum Gasteiger partial charge on any atom is 0.223 e.